The Morgan fingerprint density at radius 3 is 1.86 bits per heavy atom. The van der Waals surface area contributed by atoms with Gasteiger partial charge in [-0.15, -0.1) is 0 Å². The average Bonchev–Trinajstić information content (AvgIpc) is 2.54. The summed E-state index contributed by atoms with van der Waals surface area (Å²) in [6.45, 7) is 23.3. The fourth-order valence-electron chi connectivity index (χ4n) is 3.01. The van der Waals surface area contributed by atoms with E-state index in [2.05, 4.69) is 67.7 Å². The Balaban J connectivity index is 3.01. The fourth-order valence-corrected chi connectivity index (χ4v) is 5.42. The van der Waals surface area contributed by atoms with Gasteiger partial charge in [0, 0.05) is 5.92 Å². The Morgan fingerprint density at radius 1 is 0.966 bits per heavy atom. The van der Waals surface area contributed by atoms with E-state index in [1.807, 2.05) is 6.92 Å². The molecular weight excluding hydrogens is 404 g/mol. The lowest BCUT2D eigenvalue weighted by molar-refractivity contribution is -0.226. The molecule has 0 unspecified atom stereocenters. The van der Waals surface area contributed by atoms with Crippen molar-refractivity contribution >= 4 is 16.6 Å². The predicted molar refractivity (Wildman–Crippen MR) is 122 cm³/mol. The number of aliphatic hydroxyl groups excluding tert-OH is 3. The Hall–Kier alpha value is 0.194. The molecule has 0 saturated carbocycles. The van der Waals surface area contributed by atoms with Crippen LogP contribution < -0.4 is 0 Å². The molecule has 174 valence electrons. The van der Waals surface area contributed by atoms with Crippen LogP contribution in [0.4, 0.5) is 0 Å². The molecule has 0 aromatic carbocycles. The maximum absolute atomic E-state index is 10.9. The van der Waals surface area contributed by atoms with Gasteiger partial charge in [0.25, 0.3) is 0 Å². The Bertz CT molecular complexity index is 526. The summed E-state index contributed by atoms with van der Waals surface area (Å²) in [5.74, 6) is -0.236. The Kier molecular flexibility index (Phi) is 8.79. The van der Waals surface area contributed by atoms with Gasteiger partial charge in [-0.25, -0.2) is 0 Å². The van der Waals surface area contributed by atoms with E-state index >= 15 is 0 Å². The standard InChI is InChI=1S/C21H46O6Si2/c1-14-18(15(23)13-25-28(8,9)20(2,3)4)26-16(12-22)17(24)19(14)27-29(10,11)21(5,6)7/h14-19,22-24H,12-13H2,1-11H3/t14-,15+,16+,17+,18+,19+/m0/s1. The van der Waals surface area contributed by atoms with E-state index in [9.17, 15) is 15.3 Å². The topological polar surface area (TPSA) is 88.4 Å². The molecule has 1 aliphatic rings. The van der Waals surface area contributed by atoms with Crippen molar-refractivity contribution in [3.8, 4) is 0 Å². The number of rotatable bonds is 7. The quantitative estimate of drug-likeness (QED) is 0.514. The Morgan fingerprint density at radius 2 is 1.45 bits per heavy atom. The molecule has 1 aliphatic heterocycles. The number of ether oxygens (including phenoxy) is 1. The van der Waals surface area contributed by atoms with E-state index in [0.29, 0.717) is 0 Å². The maximum Gasteiger partial charge on any atom is 0.192 e. The van der Waals surface area contributed by atoms with Crippen molar-refractivity contribution in [2.75, 3.05) is 13.2 Å². The smallest absolute Gasteiger partial charge is 0.192 e. The third kappa shape index (κ3) is 6.35. The summed E-state index contributed by atoms with van der Waals surface area (Å²) in [5.41, 5.74) is 0. The Labute approximate surface area is 180 Å². The summed E-state index contributed by atoms with van der Waals surface area (Å²) in [5, 5.41) is 31.5. The number of hydrogen-bond donors (Lipinski definition) is 3. The van der Waals surface area contributed by atoms with Gasteiger partial charge in [0.1, 0.15) is 18.3 Å². The molecule has 1 fully saturated rings. The van der Waals surface area contributed by atoms with E-state index in [-0.39, 0.29) is 29.2 Å². The summed E-state index contributed by atoms with van der Waals surface area (Å²) in [6.07, 6.45) is -3.65. The van der Waals surface area contributed by atoms with Crippen LogP contribution in [0.1, 0.15) is 48.5 Å². The minimum Gasteiger partial charge on any atom is -0.414 e. The molecule has 1 rings (SSSR count). The molecular formula is C21H46O6Si2. The van der Waals surface area contributed by atoms with Gasteiger partial charge in [-0.3, -0.25) is 0 Å². The first-order valence-corrected chi connectivity index (χ1v) is 16.6. The minimum atomic E-state index is -2.16. The van der Waals surface area contributed by atoms with Gasteiger partial charge >= 0.3 is 0 Å². The van der Waals surface area contributed by atoms with Crippen molar-refractivity contribution in [1.29, 1.82) is 0 Å². The first-order chi connectivity index (χ1) is 12.9. The second-order valence-corrected chi connectivity index (χ2v) is 21.2. The van der Waals surface area contributed by atoms with Crippen LogP contribution in [-0.4, -0.2) is 75.7 Å². The molecule has 6 atom stereocenters. The molecule has 6 nitrogen and oxygen atoms in total. The van der Waals surface area contributed by atoms with Gasteiger partial charge in [0.15, 0.2) is 16.6 Å². The molecule has 8 heteroatoms. The molecule has 3 N–H and O–H groups in total. The lowest BCUT2D eigenvalue weighted by atomic mass is 9.86. The number of hydrogen-bond acceptors (Lipinski definition) is 6. The normalized spacial score (nSPS) is 31.0. The number of aliphatic hydroxyl groups is 3. The predicted octanol–water partition coefficient (Wildman–Crippen LogP) is 3.52. The van der Waals surface area contributed by atoms with Gasteiger partial charge in [-0.2, -0.15) is 0 Å². The van der Waals surface area contributed by atoms with Gasteiger partial charge < -0.3 is 28.9 Å². The van der Waals surface area contributed by atoms with Crippen molar-refractivity contribution in [3.05, 3.63) is 0 Å². The van der Waals surface area contributed by atoms with Crippen LogP contribution in [0.15, 0.2) is 0 Å². The minimum absolute atomic E-state index is 0.0149. The van der Waals surface area contributed by atoms with Crippen LogP contribution in [-0.2, 0) is 13.6 Å². The van der Waals surface area contributed by atoms with Crippen molar-refractivity contribution in [2.24, 2.45) is 5.92 Å². The van der Waals surface area contributed by atoms with Gasteiger partial charge in [-0.1, -0.05) is 48.5 Å². The second-order valence-electron chi connectivity index (χ2n) is 11.7. The summed E-state index contributed by atoms with van der Waals surface area (Å²) in [4.78, 5) is 0. The van der Waals surface area contributed by atoms with Crippen molar-refractivity contribution in [3.63, 3.8) is 0 Å². The third-order valence-electron chi connectivity index (χ3n) is 7.30. The molecule has 0 bridgehead atoms. The molecule has 0 amide bonds. The van der Waals surface area contributed by atoms with E-state index in [1.165, 1.54) is 0 Å². The lowest BCUT2D eigenvalue weighted by Crippen LogP contribution is -2.62. The third-order valence-corrected chi connectivity index (χ3v) is 16.3. The zero-order chi connectivity index (χ0) is 23.0. The van der Waals surface area contributed by atoms with Crippen LogP contribution in [0, 0.1) is 5.92 Å². The molecule has 1 saturated heterocycles. The van der Waals surface area contributed by atoms with Gasteiger partial charge in [0.05, 0.1) is 25.4 Å². The highest BCUT2D eigenvalue weighted by atomic mass is 28.4. The molecule has 29 heavy (non-hydrogen) atoms. The molecule has 0 aromatic rings. The lowest BCUT2D eigenvalue weighted by Gasteiger charge is -2.49. The monoisotopic (exact) mass is 450 g/mol. The molecule has 1 heterocycles. The van der Waals surface area contributed by atoms with Crippen LogP contribution in [0.2, 0.25) is 36.3 Å². The van der Waals surface area contributed by atoms with E-state index in [1.54, 1.807) is 0 Å². The molecule has 0 spiro atoms. The summed E-state index contributed by atoms with van der Waals surface area (Å²) >= 11 is 0. The van der Waals surface area contributed by atoms with Gasteiger partial charge in [0.2, 0.25) is 0 Å². The van der Waals surface area contributed by atoms with Crippen LogP contribution >= 0.6 is 0 Å². The fraction of sp³-hybridized carbons (Fsp3) is 1.00. The van der Waals surface area contributed by atoms with Crippen LogP contribution in [0.5, 0.6) is 0 Å². The maximum atomic E-state index is 10.9. The first kappa shape index (κ1) is 27.2. The van der Waals surface area contributed by atoms with E-state index in [0.717, 1.165) is 0 Å². The largest absolute Gasteiger partial charge is 0.414 e. The van der Waals surface area contributed by atoms with Gasteiger partial charge in [-0.05, 0) is 36.3 Å². The zero-order valence-electron chi connectivity index (χ0n) is 20.4. The summed E-state index contributed by atoms with van der Waals surface area (Å²) < 4.78 is 18.7. The molecule has 0 radical (unpaired) electrons. The average molecular weight is 451 g/mol. The highest BCUT2D eigenvalue weighted by molar-refractivity contribution is 6.74. The summed E-state index contributed by atoms with van der Waals surface area (Å²) in [6, 6.07) is 0. The van der Waals surface area contributed by atoms with Crippen LogP contribution in [0.25, 0.3) is 0 Å². The first-order valence-electron chi connectivity index (χ1n) is 10.8. The molecule has 0 aromatic heterocycles. The highest BCUT2D eigenvalue weighted by Gasteiger charge is 2.50. The second kappa shape index (κ2) is 9.36. The van der Waals surface area contributed by atoms with Crippen molar-refractivity contribution in [2.45, 2.75) is 115 Å². The van der Waals surface area contributed by atoms with Crippen molar-refractivity contribution < 1.29 is 28.9 Å². The SMILES string of the molecule is C[C@@H]1[C@@H](O[Si](C)(C)C(C)(C)C)[C@H](O)[C@@H](CO)O[C@H]1[C@H](O)CO[Si](C)(C)C(C)(C)C. The highest BCUT2D eigenvalue weighted by Crippen LogP contribution is 2.41. The molecule has 0 aliphatic carbocycles. The van der Waals surface area contributed by atoms with Crippen molar-refractivity contribution in [1.82, 2.24) is 0 Å². The van der Waals surface area contributed by atoms with E-state index < -0.39 is 47.2 Å². The summed E-state index contributed by atoms with van der Waals surface area (Å²) in [7, 11) is -4.17. The zero-order valence-corrected chi connectivity index (χ0v) is 22.4. The van der Waals surface area contributed by atoms with E-state index in [4.69, 9.17) is 13.6 Å². The van der Waals surface area contributed by atoms with Crippen LogP contribution in [0.3, 0.4) is 0 Å².